The third-order valence-corrected chi connectivity index (χ3v) is 10.1. The minimum Gasteiger partial charge on any atom is -0.462 e. The standard InChI is InChI=1S/C51H90O5/c1-4-7-10-13-16-19-21-23-25-26-28-29-31-33-35-38-41-44-50(52)55-48-49(47-54-46-43-40-37-18-15-12-9-6-3)56-51(53)45-42-39-36-34-32-30-27-24-22-20-17-14-11-8-5-2/h8,11,17,20,24,27,32,34,39,42,49H,4-7,9-10,12-16,18-19,21-23,25-26,28-31,33,35-38,40-41,43-48H2,1-3H3/b11-8-,20-17-,27-24-,34-32-,42-39-. The summed E-state index contributed by atoms with van der Waals surface area (Å²) in [6.45, 7) is 7.61. The van der Waals surface area contributed by atoms with Crippen molar-refractivity contribution in [3.8, 4) is 0 Å². The van der Waals surface area contributed by atoms with Crippen LogP contribution in [0, 0.1) is 0 Å². The van der Waals surface area contributed by atoms with Crippen molar-refractivity contribution in [1.29, 1.82) is 0 Å². The predicted molar refractivity (Wildman–Crippen MR) is 242 cm³/mol. The number of rotatable bonds is 43. The average Bonchev–Trinajstić information content (AvgIpc) is 3.20. The van der Waals surface area contributed by atoms with Crippen LogP contribution in [0.25, 0.3) is 0 Å². The zero-order valence-electron chi connectivity index (χ0n) is 37.1. The highest BCUT2D eigenvalue weighted by molar-refractivity contribution is 5.71. The molecule has 0 aliphatic carbocycles. The van der Waals surface area contributed by atoms with Gasteiger partial charge in [0.25, 0.3) is 0 Å². The van der Waals surface area contributed by atoms with Gasteiger partial charge in [-0.3, -0.25) is 9.59 Å². The van der Waals surface area contributed by atoms with Crippen molar-refractivity contribution < 1.29 is 23.8 Å². The second kappa shape index (κ2) is 47.0. The average molecular weight is 783 g/mol. The summed E-state index contributed by atoms with van der Waals surface area (Å²) in [5, 5.41) is 0. The van der Waals surface area contributed by atoms with E-state index in [9.17, 15) is 9.59 Å². The van der Waals surface area contributed by atoms with Crippen molar-refractivity contribution >= 4 is 11.9 Å². The van der Waals surface area contributed by atoms with E-state index in [1.165, 1.54) is 135 Å². The second-order valence-corrected chi connectivity index (χ2v) is 15.7. The molecular formula is C51H90O5. The number of unbranched alkanes of at least 4 members (excludes halogenated alkanes) is 23. The quantitative estimate of drug-likeness (QED) is 0.0350. The summed E-state index contributed by atoms with van der Waals surface area (Å²) in [5.41, 5.74) is 0. The Morgan fingerprint density at radius 1 is 0.411 bits per heavy atom. The van der Waals surface area contributed by atoms with Crippen molar-refractivity contribution in [3.63, 3.8) is 0 Å². The Kier molecular flexibility index (Phi) is 45.0. The lowest BCUT2D eigenvalue weighted by atomic mass is 10.0. The summed E-state index contributed by atoms with van der Waals surface area (Å²) in [7, 11) is 0. The predicted octanol–water partition coefficient (Wildman–Crippen LogP) is 15.8. The molecule has 0 aromatic carbocycles. The highest BCUT2D eigenvalue weighted by Crippen LogP contribution is 2.15. The molecule has 0 radical (unpaired) electrons. The Morgan fingerprint density at radius 3 is 1.21 bits per heavy atom. The van der Waals surface area contributed by atoms with Gasteiger partial charge in [-0.15, -0.1) is 0 Å². The van der Waals surface area contributed by atoms with Gasteiger partial charge in [0.05, 0.1) is 13.0 Å². The smallest absolute Gasteiger partial charge is 0.310 e. The Morgan fingerprint density at radius 2 is 0.786 bits per heavy atom. The van der Waals surface area contributed by atoms with Gasteiger partial charge in [-0.2, -0.15) is 0 Å². The summed E-state index contributed by atoms with van der Waals surface area (Å²) >= 11 is 0. The zero-order valence-corrected chi connectivity index (χ0v) is 37.1. The number of hydrogen-bond acceptors (Lipinski definition) is 5. The second-order valence-electron chi connectivity index (χ2n) is 15.7. The Hall–Kier alpha value is -2.40. The monoisotopic (exact) mass is 783 g/mol. The van der Waals surface area contributed by atoms with E-state index in [4.69, 9.17) is 14.2 Å². The van der Waals surface area contributed by atoms with Gasteiger partial charge in [0, 0.05) is 13.0 Å². The first-order valence-corrected chi connectivity index (χ1v) is 23.8. The lowest BCUT2D eigenvalue weighted by Gasteiger charge is -2.18. The largest absolute Gasteiger partial charge is 0.462 e. The Labute approximate surface area is 347 Å². The third kappa shape index (κ3) is 44.3. The van der Waals surface area contributed by atoms with Gasteiger partial charge in [-0.25, -0.2) is 0 Å². The van der Waals surface area contributed by atoms with Crippen molar-refractivity contribution in [2.24, 2.45) is 0 Å². The van der Waals surface area contributed by atoms with Crippen LogP contribution in [0.3, 0.4) is 0 Å². The third-order valence-electron chi connectivity index (χ3n) is 10.1. The maximum Gasteiger partial charge on any atom is 0.310 e. The number of hydrogen-bond donors (Lipinski definition) is 0. The van der Waals surface area contributed by atoms with Gasteiger partial charge < -0.3 is 14.2 Å². The molecule has 0 amide bonds. The van der Waals surface area contributed by atoms with Gasteiger partial charge in [0.15, 0.2) is 6.10 Å². The van der Waals surface area contributed by atoms with E-state index >= 15 is 0 Å². The Balaban J connectivity index is 4.27. The van der Waals surface area contributed by atoms with E-state index in [-0.39, 0.29) is 31.6 Å². The maximum absolute atomic E-state index is 12.7. The van der Waals surface area contributed by atoms with Crippen LogP contribution >= 0.6 is 0 Å². The molecule has 0 aromatic heterocycles. The topological polar surface area (TPSA) is 61.8 Å². The molecule has 5 nitrogen and oxygen atoms in total. The molecule has 1 unspecified atom stereocenters. The minimum atomic E-state index is -0.584. The van der Waals surface area contributed by atoms with Gasteiger partial charge in [-0.1, -0.05) is 229 Å². The number of esters is 2. The molecule has 0 N–H and O–H groups in total. The highest BCUT2D eigenvalue weighted by Gasteiger charge is 2.17. The summed E-state index contributed by atoms with van der Waals surface area (Å²) < 4.78 is 17.2. The van der Waals surface area contributed by atoms with E-state index in [1.807, 2.05) is 12.2 Å². The molecule has 0 aromatic rings. The lowest BCUT2D eigenvalue weighted by Crippen LogP contribution is -2.29. The zero-order chi connectivity index (χ0) is 40.7. The maximum atomic E-state index is 12.7. The molecule has 0 saturated heterocycles. The lowest BCUT2D eigenvalue weighted by molar-refractivity contribution is -0.162. The summed E-state index contributed by atoms with van der Waals surface area (Å²) in [6.07, 6.45) is 58.2. The van der Waals surface area contributed by atoms with Crippen LogP contribution in [0.5, 0.6) is 0 Å². The van der Waals surface area contributed by atoms with Crippen molar-refractivity contribution in [1.82, 2.24) is 0 Å². The SMILES string of the molecule is CC/C=C\C/C=C\C/C=C\C/C=C\C/C=C\CC(=O)OC(COCCCCCCCCCC)COC(=O)CCCCCCCCCCCCCCCCCCC. The molecule has 0 aliphatic heterocycles. The van der Waals surface area contributed by atoms with E-state index in [0.29, 0.717) is 13.0 Å². The van der Waals surface area contributed by atoms with E-state index in [0.717, 1.165) is 57.8 Å². The molecule has 56 heavy (non-hydrogen) atoms. The van der Waals surface area contributed by atoms with Crippen LogP contribution in [0.15, 0.2) is 60.8 Å². The molecule has 0 heterocycles. The Bertz CT molecular complexity index is 977. The fourth-order valence-corrected chi connectivity index (χ4v) is 6.59. The molecular weight excluding hydrogens is 693 g/mol. The van der Waals surface area contributed by atoms with Crippen LogP contribution < -0.4 is 0 Å². The first-order valence-electron chi connectivity index (χ1n) is 23.8. The number of allylic oxidation sites excluding steroid dienone is 9. The molecule has 324 valence electrons. The van der Waals surface area contributed by atoms with E-state index in [2.05, 4.69) is 69.4 Å². The van der Waals surface area contributed by atoms with Gasteiger partial charge >= 0.3 is 11.9 Å². The molecule has 0 saturated carbocycles. The first-order chi connectivity index (χ1) is 27.6. The fourth-order valence-electron chi connectivity index (χ4n) is 6.59. The van der Waals surface area contributed by atoms with Crippen molar-refractivity contribution in [3.05, 3.63) is 60.8 Å². The van der Waals surface area contributed by atoms with Gasteiger partial charge in [0.1, 0.15) is 6.61 Å². The fraction of sp³-hybridized carbons (Fsp3) is 0.765. The minimum absolute atomic E-state index is 0.0482. The molecule has 0 fully saturated rings. The molecule has 0 rings (SSSR count). The molecule has 5 heteroatoms. The molecule has 1 atom stereocenters. The van der Waals surface area contributed by atoms with E-state index < -0.39 is 6.10 Å². The molecule has 0 bridgehead atoms. The first kappa shape index (κ1) is 53.6. The van der Waals surface area contributed by atoms with Crippen molar-refractivity contribution in [2.75, 3.05) is 19.8 Å². The van der Waals surface area contributed by atoms with Crippen LogP contribution in [-0.2, 0) is 23.8 Å². The summed E-state index contributed by atoms with van der Waals surface area (Å²) in [4.78, 5) is 25.2. The number of carbonyl (C=O) groups excluding carboxylic acids is 2. The van der Waals surface area contributed by atoms with Crippen LogP contribution in [0.1, 0.15) is 226 Å². The normalized spacial score (nSPS) is 12.7. The molecule has 0 aliphatic rings. The molecule has 0 spiro atoms. The van der Waals surface area contributed by atoms with Gasteiger partial charge in [0.2, 0.25) is 0 Å². The van der Waals surface area contributed by atoms with Crippen molar-refractivity contribution in [2.45, 2.75) is 232 Å². The van der Waals surface area contributed by atoms with Gasteiger partial charge in [-0.05, 0) is 44.9 Å². The van der Waals surface area contributed by atoms with Crippen LogP contribution in [0.2, 0.25) is 0 Å². The summed E-state index contributed by atoms with van der Waals surface area (Å²) in [5.74, 6) is -0.538. The highest BCUT2D eigenvalue weighted by atomic mass is 16.6. The number of carbonyl (C=O) groups is 2. The van der Waals surface area contributed by atoms with Crippen LogP contribution in [-0.4, -0.2) is 37.9 Å². The number of ether oxygens (including phenoxy) is 3. The van der Waals surface area contributed by atoms with E-state index in [1.54, 1.807) is 0 Å². The summed E-state index contributed by atoms with van der Waals surface area (Å²) in [6, 6.07) is 0. The van der Waals surface area contributed by atoms with Crippen LogP contribution in [0.4, 0.5) is 0 Å².